The number of hydrogen-bond acceptors (Lipinski definition) is 9. The number of benzene rings is 2. The summed E-state index contributed by atoms with van der Waals surface area (Å²) in [5, 5.41) is 16.3. The van der Waals surface area contributed by atoms with E-state index in [4.69, 9.17) is 18.8 Å². The van der Waals surface area contributed by atoms with Crippen molar-refractivity contribution in [3.63, 3.8) is 0 Å². The fourth-order valence-electron chi connectivity index (χ4n) is 3.15. The van der Waals surface area contributed by atoms with Crippen molar-refractivity contribution in [3.05, 3.63) is 48.6 Å². The average Bonchev–Trinajstić information content (AvgIpc) is 3.39. The number of hydrogen-bond donors (Lipinski definition) is 1. The Bertz CT molecular complexity index is 1090. The number of phenols is 1. The minimum Gasteiger partial charge on any atom is -0.507 e. The summed E-state index contributed by atoms with van der Waals surface area (Å²) >= 11 is 4.87. The van der Waals surface area contributed by atoms with Crippen LogP contribution in [0.2, 0.25) is 0 Å². The molecule has 39 heavy (non-hydrogen) atoms. The zero-order valence-corrected chi connectivity index (χ0v) is 26.6. The Kier molecular flexibility index (Phi) is 20.4. The van der Waals surface area contributed by atoms with E-state index >= 15 is 0 Å². The number of rotatable bonds is 13. The van der Waals surface area contributed by atoms with Gasteiger partial charge in [-0.2, -0.15) is 0 Å². The number of nitrogens with zero attached hydrogens (tertiary/aromatic N) is 2. The molecular weight excluding hydrogens is 584 g/mol. The summed E-state index contributed by atoms with van der Waals surface area (Å²) in [5.74, 6) is 2.09. The van der Waals surface area contributed by atoms with Crippen LogP contribution in [0, 0.1) is 6.92 Å². The van der Waals surface area contributed by atoms with Crippen molar-refractivity contribution in [1.29, 1.82) is 0 Å². The number of phenolic OH excluding ortho intramolecular Hbond substituents is 1. The third kappa shape index (κ3) is 11.8. The van der Waals surface area contributed by atoms with Gasteiger partial charge in [0.1, 0.15) is 27.5 Å². The molecule has 0 aliphatic rings. The highest BCUT2D eigenvalue weighted by molar-refractivity contribution is 9.09. The lowest BCUT2D eigenvalue weighted by molar-refractivity contribution is -0.126. The molecule has 0 unspecified atom stereocenters. The average molecular weight is 628 g/mol. The van der Waals surface area contributed by atoms with Gasteiger partial charge in [-0.15, -0.1) is 6.58 Å². The first kappa shape index (κ1) is 36.1. The van der Waals surface area contributed by atoms with Gasteiger partial charge in [-0.3, -0.25) is 9.10 Å². The normalized spacial score (nSPS) is 9.54. The number of carbonyl (C=O) groups is 1. The third-order valence-electron chi connectivity index (χ3n) is 4.71. The number of anilines is 1. The molecule has 0 amide bonds. The molecule has 0 spiro atoms. The molecule has 0 bridgehead atoms. The van der Waals surface area contributed by atoms with Gasteiger partial charge in [0.25, 0.3) is 6.47 Å². The number of alkyl halides is 1. The number of aryl methyl sites for hydroxylation is 1. The predicted molar refractivity (Wildman–Crippen MR) is 166 cm³/mol. The highest BCUT2D eigenvalue weighted by Crippen LogP contribution is 2.44. The number of aromatic hydroxyl groups is 1. The maximum atomic E-state index is 10.5. The van der Waals surface area contributed by atoms with Crippen LogP contribution < -0.4 is 13.8 Å². The van der Waals surface area contributed by atoms with Crippen LogP contribution >= 0.6 is 27.9 Å². The Balaban J connectivity index is 0.00000162. The first-order valence-corrected chi connectivity index (χ1v) is 14.9. The largest absolute Gasteiger partial charge is 0.507 e. The molecule has 1 heterocycles. The molecular formula is C29H43BrN2O6S. The SMILES string of the molecule is C=CCN(Sc1c(OC)cccc1OCCCCCBr)c1noc2cc(C)cc(O)c12.CC.CC.COC=O. The zero-order valence-electron chi connectivity index (χ0n) is 24.2. The quantitative estimate of drug-likeness (QED) is 0.0660. The minimum atomic E-state index is 0.129. The topological polar surface area (TPSA) is 94.3 Å². The van der Waals surface area contributed by atoms with Crippen molar-refractivity contribution >= 4 is 51.1 Å². The minimum absolute atomic E-state index is 0.129. The van der Waals surface area contributed by atoms with Crippen molar-refractivity contribution in [3.8, 4) is 17.2 Å². The highest BCUT2D eigenvalue weighted by atomic mass is 79.9. The standard InChI is InChI=1S/C23H27BrN2O4S.C2H4O2.2C2H6/c1-4-12-26(23-21-17(27)14-16(2)15-20(21)30-25-23)31-22-18(28-3)9-8-10-19(22)29-13-7-5-6-11-24;1-4-2-3;2*1-2/h4,8-10,14-15,27H,1,5-7,11-13H2,2-3H3;2H,1H3;2*1-2H3. The molecule has 3 rings (SSSR count). The van der Waals surface area contributed by atoms with Crippen molar-refractivity contribution in [1.82, 2.24) is 5.16 Å². The Labute approximate surface area is 245 Å². The molecule has 0 saturated carbocycles. The smallest absolute Gasteiger partial charge is 0.292 e. The van der Waals surface area contributed by atoms with Crippen molar-refractivity contribution < 1.29 is 28.6 Å². The van der Waals surface area contributed by atoms with E-state index < -0.39 is 0 Å². The number of ether oxygens (including phenoxy) is 3. The first-order chi connectivity index (χ1) is 19.0. The van der Waals surface area contributed by atoms with Crippen LogP contribution in [0.25, 0.3) is 11.0 Å². The lowest BCUT2D eigenvalue weighted by Gasteiger charge is -2.22. The van der Waals surface area contributed by atoms with Gasteiger partial charge < -0.3 is 23.8 Å². The first-order valence-electron chi connectivity index (χ1n) is 13.0. The zero-order chi connectivity index (χ0) is 29.6. The van der Waals surface area contributed by atoms with Crippen LogP contribution in [0.3, 0.4) is 0 Å². The van der Waals surface area contributed by atoms with Gasteiger partial charge in [0.15, 0.2) is 11.4 Å². The molecule has 8 nitrogen and oxygen atoms in total. The van der Waals surface area contributed by atoms with E-state index in [-0.39, 0.29) is 5.75 Å². The summed E-state index contributed by atoms with van der Waals surface area (Å²) < 4.78 is 23.0. The third-order valence-corrected chi connectivity index (χ3v) is 6.39. The van der Waals surface area contributed by atoms with Gasteiger partial charge in [-0.1, -0.05) is 60.9 Å². The number of fused-ring (bicyclic) bond motifs is 1. The molecule has 1 aromatic heterocycles. The summed E-state index contributed by atoms with van der Waals surface area (Å²) in [6.45, 7) is 15.2. The molecule has 2 aromatic carbocycles. The summed E-state index contributed by atoms with van der Waals surface area (Å²) in [6, 6.07) is 9.29. The van der Waals surface area contributed by atoms with E-state index in [1.165, 1.54) is 19.1 Å². The summed E-state index contributed by atoms with van der Waals surface area (Å²) in [5.41, 5.74) is 1.43. The van der Waals surface area contributed by atoms with Gasteiger partial charge in [0, 0.05) is 11.9 Å². The van der Waals surface area contributed by atoms with Crippen LogP contribution in [0.15, 0.2) is 52.4 Å². The molecule has 10 heteroatoms. The maximum Gasteiger partial charge on any atom is 0.292 e. The summed E-state index contributed by atoms with van der Waals surface area (Å²) in [7, 11) is 2.95. The number of methoxy groups -OCH3 is 2. The Morgan fingerprint density at radius 2 is 1.79 bits per heavy atom. The van der Waals surface area contributed by atoms with Crippen LogP contribution in [0.4, 0.5) is 5.82 Å². The fraction of sp³-hybridized carbons (Fsp3) is 0.448. The lowest BCUT2D eigenvalue weighted by atomic mass is 10.1. The molecule has 0 aliphatic heterocycles. The van der Waals surface area contributed by atoms with Gasteiger partial charge in [0.2, 0.25) is 0 Å². The van der Waals surface area contributed by atoms with Gasteiger partial charge in [-0.25, -0.2) is 0 Å². The van der Waals surface area contributed by atoms with Crippen molar-refractivity contribution in [2.45, 2.75) is 58.8 Å². The Morgan fingerprint density at radius 1 is 1.13 bits per heavy atom. The summed E-state index contributed by atoms with van der Waals surface area (Å²) in [6.07, 6.45) is 4.97. The van der Waals surface area contributed by atoms with Gasteiger partial charge in [-0.05, 0) is 68.0 Å². The Morgan fingerprint density at radius 3 is 2.38 bits per heavy atom. The van der Waals surface area contributed by atoms with Gasteiger partial charge in [0.05, 0.1) is 20.8 Å². The van der Waals surface area contributed by atoms with E-state index in [1.54, 1.807) is 19.3 Å². The molecule has 0 saturated heterocycles. The van der Waals surface area contributed by atoms with E-state index in [0.717, 1.165) is 40.8 Å². The molecule has 0 radical (unpaired) electrons. The van der Waals surface area contributed by atoms with Gasteiger partial charge >= 0.3 is 0 Å². The van der Waals surface area contributed by atoms with Crippen molar-refractivity contribution in [2.24, 2.45) is 0 Å². The molecule has 3 aromatic rings. The number of halogens is 1. The van der Waals surface area contributed by atoms with Crippen LogP contribution in [0.1, 0.15) is 52.5 Å². The van der Waals surface area contributed by atoms with E-state index in [2.05, 4.69) is 32.4 Å². The predicted octanol–water partition coefficient (Wildman–Crippen LogP) is 8.34. The van der Waals surface area contributed by atoms with E-state index in [1.807, 2.05) is 63.2 Å². The van der Waals surface area contributed by atoms with Crippen molar-refractivity contribution in [2.75, 3.05) is 37.0 Å². The second-order valence-electron chi connectivity index (χ2n) is 7.32. The van der Waals surface area contributed by atoms with E-state index in [0.29, 0.717) is 42.2 Å². The second kappa shape index (κ2) is 22.0. The number of aromatic nitrogens is 1. The number of carbonyl (C=O) groups excluding carboxylic acids is 1. The number of unbranched alkanes of at least 4 members (excludes halogenated alkanes) is 2. The van der Waals surface area contributed by atoms with Crippen LogP contribution in [-0.2, 0) is 9.53 Å². The summed E-state index contributed by atoms with van der Waals surface area (Å²) in [4.78, 5) is 9.78. The second-order valence-corrected chi connectivity index (χ2v) is 9.15. The maximum absolute atomic E-state index is 10.5. The monoisotopic (exact) mass is 626 g/mol. The van der Waals surface area contributed by atoms with Crippen LogP contribution in [0.5, 0.6) is 17.2 Å². The molecule has 0 atom stereocenters. The molecule has 218 valence electrons. The highest BCUT2D eigenvalue weighted by Gasteiger charge is 2.23. The fourth-order valence-corrected chi connectivity index (χ4v) is 4.62. The lowest BCUT2D eigenvalue weighted by Crippen LogP contribution is -2.15. The molecule has 0 aliphatic carbocycles. The molecule has 1 N–H and O–H groups in total. The Hall–Kier alpha value is -2.85. The van der Waals surface area contributed by atoms with E-state index in [9.17, 15) is 5.11 Å². The molecule has 0 fully saturated rings. The van der Waals surface area contributed by atoms with Crippen LogP contribution in [-0.4, -0.2) is 49.4 Å².